The molecule has 2 heteroatoms. The highest BCUT2D eigenvalue weighted by molar-refractivity contribution is 5.83. The van der Waals surface area contributed by atoms with E-state index in [2.05, 4.69) is 68.3 Å². The Kier molecular flexibility index (Phi) is 5.16. The first kappa shape index (κ1) is 15.0. The number of fused-ring (bicyclic) bond motifs is 1. The number of benzene rings is 2. The topological polar surface area (TPSA) is 29.3 Å². The van der Waals surface area contributed by atoms with Gasteiger partial charge in [0, 0.05) is 12.6 Å². The van der Waals surface area contributed by atoms with Crippen molar-refractivity contribution in [1.82, 2.24) is 4.90 Å². The molecule has 1 atom stereocenters. The summed E-state index contributed by atoms with van der Waals surface area (Å²) in [5, 5.41) is 2.58. The largest absolute Gasteiger partial charge is 0.329 e. The molecule has 2 nitrogen and oxygen atoms in total. The Morgan fingerprint density at radius 3 is 2.40 bits per heavy atom. The summed E-state index contributed by atoms with van der Waals surface area (Å²) in [5.41, 5.74) is 7.33. The number of hydrogen-bond acceptors (Lipinski definition) is 2. The molecule has 2 aromatic carbocycles. The van der Waals surface area contributed by atoms with Crippen molar-refractivity contribution in [1.29, 1.82) is 0 Å². The van der Waals surface area contributed by atoms with E-state index >= 15 is 0 Å². The maximum Gasteiger partial charge on any atom is 0.0467 e. The molecule has 0 aliphatic heterocycles. The lowest BCUT2D eigenvalue weighted by Gasteiger charge is -2.28. The van der Waals surface area contributed by atoms with Crippen molar-refractivity contribution in [2.24, 2.45) is 11.7 Å². The van der Waals surface area contributed by atoms with E-state index in [-0.39, 0.29) is 0 Å². The number of rotatable bonds is 6. The molecule has 1 unspecified atom stereocenters. The lowest BCUT2D eigenvalue weighted by atomic mass is 10.0. The minimum atomic E-state index is 0.304. The molecular weight excluding hydrogens is 244 g/mol. The summed E-state index contributed by atoms with van der Waals surface area (Å²) in [5.74, 6) is 0.729. The van der Waals surface area contributed by atoms with Crippen molar-refractivity contribution in [2.75, 3.05) is 20.1 Å². The van der Waals surface area contributed by atoms with Crippen LogP contribution >= 0.6 is 0 Å². The minimum Gasteiger partial charge on any atom is -0.329 e. The molecule has 0 heterocycles. The van der Waals surface area contributed by atoms with E-state index in [9.17, 15) is 0 Å². The number of nitrogens with zero attached hydrogens (tertiary/aromatic N) is 1. The van der Waals surface area contributed by atoms with Gasteiger partial charge in [-0.05, 0) is 48.3 Å². The van der Waals surface area contributed by atoms with Crippen molar-refractivity contribution in [3.8, 4) is 0 Å². The number of likely N-dealkylation sites (N-methyl/N-ethyl adjacent to an activating group) is 1. The van der Waals surface area contributed by atoms with Gasteiger partial charge in [-0.15, -0.1) is 0 Å². The van der Waals surface area contributed by atoms with E-state index < -0.39 is 0 Å². The van der Waals surface area contributed by atoms with Crippen LogP contribution in [0.3, 0.4) is 0 Å². The van der Waals surface area contributed by atoms with Crippen LogP contribution in [0.1, 0.15) is 31.9 Å². The quantitative estimate of drug-likeness (QED) is 0.864. The Morgan fingerprint density at radius 2 is 1.75 bits per heavy atom. The second kappa shape index (κ2) is 6.87. The standard InChI is InChI=1S/C18H26N2/c1-14(2)10-11-20(3)18(13-19)17-9-8-15-6-4-5-7-16(15)12-17/h4-9,12,14,18H,10-11,13,19H2,1-3H3. The van der Waals surface area contributed by atoms with Crippen molar-refractivity contribution >= 4 is 10.8 Å². The summed E-state index contributed by atoms with van der Waals surface area (Å²) in [6, 6.07) is 15.5. The maximum absolute atomic E-state index is 6.01. The van der Waals surface area contributed by atoms with Crippen LogP contribution in [0.15, 0.2) is 42.5 Å². The summed E-state index contributed by atoms with van der Waals surface area (Å²) >= 11 is 0. The summed E-state index contributed by atoms with van der Waals surface area (Å²) in [4.78, 5) is 2.38. The number of hydrogen-bond donors (Lipinski definition) is 1. The monoisotopic (exact) mass is 270 g/mol. The van der Waals surface area contributed by atoms with Gasteiger partial charge in [0.05, 0.1) is 0 Å². The molecule has 0 spiro atoms. The molecule has 0 aromatic heterocycles. The van der Waals surface area contributed by atoms with E-state index in [1.54, 1.807) is 0 Å². The van der Waals surface area contributed by atoms with Crippen molar-refractivity contribution < 1.29 is 0 Å². The molecule has 0 radical (unpaired) electrons. The van der Waals surface area contributed by atoms with Gasteiger partial charge in [-0.1, -0.05) is 50.2 Å². The third kappa shape index (κ3) is 3.59. The van der Waals surface area contributed by atoms with E-state index in [0.717, 1.165) is 12.5 Å². The van der Waals surface area contributed by atoms with Gasteiger partial charge in [0.1, 0.15) is 0 Å². The third-order valence-corrected chi connectivity index (χ3v) is 3.97. The highest BCUT2D eigenvalue weighted by Crippen LogP contribution is 2.23. The van der Waals surface area contributed by atoms with Crippen molar-refractivity contribution in [3.05, 3.63) is 48.0 Å². The second-order valence-electron chi connectivity index (χ2n) is 6.02. The van der Waals surface area contributed by atoms with Crippen molar-refractivity contribution in [2.45, 2.75) is 26.3 Å². The zero-order valence-electron chi connectivity index (χ0n) is 12.8. The van der Waals surface area contributed by atoms with E-state index in [1.807, 2.05) is 0 Å². The fourth-order valence-electron chi connectivity index (χ4n) is 2.60. The summed E-state index contributed by atoms with van der Waals surface area (Å²) in [7, 11) is 2.18. The van der Waals surface area contributed by atoms with Gasteiger partial charge in [-0.2, -0.15) is 0 Å². The normalized spacial score (nSPS) is 13.3. The van der Waals surface area contributed by atoms with Crippen molar-refractivity contribution in [3.63, 3.8) is 0 Å². The second-order valence-corrected chi connectivity index (χ2v) is 6.02. The summed E-state index contributed by atoms with van der Waals surface area (Å²) in [6.45, 7) is 6.28. The SMILES string of the molecule is CC(C)CCN(C)C(CN)c1ccc2ccccc2c1. The van der Waals surface area contributed by atoms with E-state index in [0.29, 0.717) is 12.6 Å². The molecule has 108 valence electrons. The molecule has 20 heavy (non-hydrogen) atoms. The van der Waals surface area contributed by atoms with Crippen LogP contribution in [-0.4, -0.2) is 25.0 Å². The van der Waals surface area contributed by atoms with E-state index in [1.165, 1.54) is 22.8 Å². The highest BCUT2D eigenvalue weighted by Gasteiger charge is 2.15. The molecular formula is C18H26N2. The van der Waals surface area contributed by atoms with Gasteiger partial charge < -0.3 is 5.73 Å². The average molecular weight is 270 g/mol. The Hall–Kier alpha value is -1.38. The molecule has 2 N–H and O–H groups in total. The molecule has 2 rings (SSSR count). The first-order valence-corrected chi connectivity index (χ1v) is 7.51. The summed E-state index contributed by atoms with van der Waals surface area (Å²) < 4.78 is 0. The first-order chi connectivity index (χ1) is 9.61. The smallest absolute Gasteiger partial charge is 0.0467 e. The van der Waals surface area contributed by atoms with E-state index in [4.69, 9.17) is 5.73 Å². The van der Waals surface area contributed by atoms with Gasteiger partial charge in [-0.25, -0.2) is 0 Å². The average Bonchev–Trinajstić information content (AvgIpc) is 2.45. The molecule has 0 aliphatic rings. The third-order valence-electron chi connectivity index (χ3n) is 3.97. The molecule has 0 saturated heterocycles. The van der Waals surface area contributed by atoms with Gasteiger partial charge in [0.15, 0.2) is 0 Å². The highest BCUT2D eigenvalue weighted by atomic mass is 15.1. The lowest BCUT2D eigenvalue weighted by Crippen LogP contribution is -2.31. The van der Waals surface area contributed by atoms with Crippen LogP contribution in [0.2, 0.25) is 0 Å². The van der Waals surface area contributed by atoms with Crippen LogP contribution < -0.4 is 5.73 Å². The molecule has 0 aliphatic carbocycles. The van der Waals surface area contributed by atoms with Gasteiger partial charge in [-0.3, -0.25) is 4.90 Å². The zero-order chi connectivity index (χ0) is 14.5. The minimum absolute atomic E-state index is 0.304. The Morgan fingerprint density at radius 1 is 1.05 bits per heavy atom. The van der Waals surface area contributed by atoms with Crippen LogP contribution in [0.4, 0.5) is 0 Å². The van der Waals surface area contributed by atoms with Crippen LogP contribution in [0, 0.1) is 5.92 Å². The zero-order valence-corrected chi connectivity index (χ0v) is 12.8. The van der Waals surface area contributed by atoms with Gasteiger partial charge in [0.25, 0.3) is 0 Å². The molecule has 2 aromatic rings. The predicted octanol–water partition coefficient (Wildman–Crippen LogP) is 3.82. The predicted molar refractivity (Wildman–Crippen MR) is 87.8 cm³/mol. The first-order valence-electron chi connectivity index (χ1n) is 7.51. The van der Waals surface area contributed by atoms with Gasteiger partial charge in [0.2, 0.25) is 0 Å². The fourth-order valence-corrected chi connectivity index (χ4v) is 2.60. The lowest BCUT2D eigenvalue weighted by molar-refractivity contribution is 0.236. The molecule has 0 saturated carbocycles. The molecule has 0 bridgehead atoms. The summed E-state index contributed by atoms with van der Waals surface area (Å²) in [6.07, 6.45) is 1.21. The Bertz CT molecular complexity index is 548. The maximum atomic E-state index is 6.01. The number of nitrogens with two attached hydrogens (primary N) is 1. The Balaban J connectivity index is 2.20. The van der Waals surface area contributed by atoms with Crippen LogP contribution in [-0.2, 0) is 0 Å². The van der Waals surface area contributed by atoms with Gasteiger partial charge >= 0.3 is 0 Å². The Labute approximate surface area is 122 Å². The molecule has 0 fully saturated rings. The fraction of sp³-hybridized carbons (Fsp3) is 0.444. The molecule has 0 amide bonds. The van der Waals surface area contributed by atoms with Crippen LogP contribution in [0.25, 0.3) is 10.8 Å². The van der Waals surface area contributed by atoms with Crippen LogP contribution in [0.5, 0.6) is 0 Å².